The third-order valence-corrected chi connectivity index (χ3v) is 3.95. The number of hydrogen-bond acceptors (Lipinski definition) is 5. The quantitative estimate of drug-likeness (QED) is 0.789. The molecule has 0 aliphatic heterocycles. The number of hydrogen-bond donors (Lipinski definition) is 1. The molecule has 3 aromatic rings. The average Bonchev–Trinajstić information content (AvgIpc) is 3.02. The van der Waals surface area contributed by atoms with E-state index >= 15 is 0 Å². The van der Waals surface area contributed by atoms with Crippen LogP contribution in [0, 0.1) is 6.92 Å². The van der Waals surface area contributed by atoms with E-state index in [0.717, 1.165) is 10.6 Å². The molecule has 1 N–H and O–H groups in total. The summed E-state index contributed by atoms with van der Waals surface area (Å²) in [5.74, 6) is -1.13. The molecule has 0 bridgehead atoms. The molecule has 0 amide bonds. The first-order valence-electron chi connectivity index (χ1n) is 5.96. The Labute approximate surface area is 121 Å². The normalized spacial score (nSPS) is 12.0. The Morgan fingerprint density at radius 1 is 1.29 bits per heavy atom. The topological polar surface area (TPSA) is 55.6 Å². The first-order chi connectivity index (χ1) is 9.91. The molecule has 0 unspecified atom stereocenters. The molecule has 9 heteroatoms. The van der Waals surface area contributed by atoms with E-state index in [1.165, 1.54) is 24.7 Å². The van der Waals surface area contributed by atoms with Gasteiger partial charge in [0, 0.05) is 7.05 Å². The van der Waals surface area contributed by atoms with Crippen LogP contribution in [0.2, 0.25) is 0 Å². The lowest BCUT2D eigenvalue weighted by Crippen LogP contribution is -2.13. The van der Waals surface area contributed by atoms with Crippen molar-refractivity contribution in [2.75, 3.05) is 12.4 Å². The third-order valence-electron chi connectivity index (χ3n) is 2.94. The number of nitrogens with one attached hydrogen (secondary N) is 1. The van der Waals surface area contributed by atoms with Crippen molar-refractivity contribution in [3.63, 3.8) is 0 Å². The Morgan fingerprint density at radius 3 is 2.62 bits per heavy atom. The Morgan fingerprint density at radius 2 is 2.05 bits per heavy atom. The Hall–Kier alpha value is -2.16. The predicted octanol–water partition coefficient (Wildman–Crippen LogP) is 3.25. The monoisotopic (exact) mass is 313 g/mol. The van der Waals surface area contributed by atoms with Crippen molar-refractivity contribution in [3.8, 4) is 5.00 Å². The maximum absolute atomic E-state index is 12.9. The highest BCUT2D eigenvalue weighted by Gasteiger charge is 2.36. The lowest BCUT2D eigenvalue weighted by atomic mass is 10.3. The van der Waals surface area contributed by atoms with E-state index < -0.39 is 12.0 Å². The van der Waals surface area contributed by atoms with E-state index in [2.05, 4.69) is 20.3 Å². The van der Waals surface area contributed by atoms with E-state index in [1.54, 1.807) is 4.57 Å². The standard InChI is InChI=1S/C12H10F3N5S/c1-6-3-4-21-10(6)20-5-17-7-8(16-2)18-11(12(13,14)15)19-9(7)20/h3-5H,1-2H3,(H,16,18,19). The number of imidazole rings is 1. The number of aryl methyl sites for hydroxylation is 1. The number of halogens is 3. The molecule has 0 radical (unpaired) electrons. The molecule has 0 fully saturated rings. The number of aromatic nitrogens is 4. The summed E-state index contributed by atoms with van der Waals surface area (Å²) in [6.07, 6.45) is -3.15. The summed E-state index contributed by atoms with van der Waals surface area (Å²) in [6.45, 7) is 1.88. The predicted molar refractivity (Wildman–Crippen MR) is 73.8 cm³/mol. The van der Waals surface area contributed by atoms with Crippen LogP contribution in [0.15, 0.2) is 17.8 Å². The van der Waals surface area contributed by atoms with Crippen molar-refractivity contribution in [1.82, 2.24) is 19.5 Å². The maximum Gasteiger partial charge on any atom is 0.451 e. The Kier molecular flexibility index (Phi) is 3.08. The minimum absolute atomic E-state index is 0.0558. The highest BCUT2D eigenvalue weighted by atomic mass is 32.1. The zero-order valence-corrected chi connectivity index (χ0v) is 11.9. The second-order valence-corrected chi connectivity index (χ2v) is 5.23. The highest BCUT2D eigenvalue weighted by molar-refractivity contribution is 7.12. The van der Waals surface area contributed by atoms with Gasteiger partial charge in [0.15, 0.2) is 17.0 Å². The smallest absolute Gasteiger partial charge is 0.371 e. The van der Waals surface area contributed by atoms with E-state index in [1.807, 2.05) is 18.4 Å². The molecule has 0 aliphatic rings. The van der Waals surface area contributed by atoms with Gasteiger partial charge in [0.25, 0.3) is 0 Å². The second kappa shape index (κ2) is 4.69. The van der Waals surface area contributed by atoms with Crippen LogP contribution in [0.5, 0.6) is 0 Å². The summed E-state index contributed by atoms with van der Waals surface area (Å²) in [5.41, 5.74) is 1.38. The van der Waals surface area contributed by atoms with Crippen molar-refractivity contribution in [2.45, 2.75) is 13.1 Å². The van der Waals surface area contributed by atoms with Crippen LogP contribution >= 0.6 is 11.3 Å². The average molecular weight is 313 g/mol. The van der Waals surface area contributed by atoms with Gasteiger partial charge in [-0.1, -0.05) is 0 Å². The van der Waals surface area contributed by atoms with Crippen LogP contribution in [-0.4, -0.2) is 26.6 Å². The fourth-order valence-corrected chi connectivity index (χ4v) is 2.86. The fraction of sp³-hybridized carbons (Fsp3) is 0.250. The molecule has 3 aromatic heterocycles. The molecule has 0 atom stereocenters. The lowest BCUT2D eigenvalue weighted by molar-refractivity contribution is -0.144. The number of thiophene rings is 1. The largest absolute Gasteiger partial charge is 0.451 e. The van der Waals surface area contributed by atoms with E-state index in [-0.39, 0.29) is 11.5 Å². The van der Waals surface area contributed by atoms with Gasteiger partial charge < -0.3 is 5.32 Å². The van der Waals surface area contributed by atoms with Crippen molar-refractivity contribution >= 4 is 28.3 Å². The first kappa shape index (κ1) is 13.8. The summed E-state index contributed by atoms with van der Waals surface area (Å²) in [6, 6.07) is 1.89. The number of anilines is 1. The van der Waals surface area contributed by atoms with Crippen LogP contribution in [0.3, 0.4) is 0 Å². The molecule has 5 nitrogen and oxygen atoms in total. The molecule has 3 rings (SSSR count). The molecule has 21 heavy (non-hydrogen) atoms. The molecule has 0 spiro atoms. The van der Waals surface area contributed by atoms with Gasteiger partial charge in [-0.3, -0.25) is 4.57 Å². The van der Waals surface area contributed by atoms with Crippen molar-refractivity contribution in [2.24, 2.45) is 0 Å². The first-order valence-corrected chi connectivity index (χ1v) is 6.84. The van der Waals surface area contributed by atoms with Crippen LogP contribution < -0.4 is 5.32 Å². The van der Waals surface area contributed by atoms with E-state index in [9.17, 15) is 13.2 Å². The zero-order chi connectivity index (χ0) is 15.2. The zero-order valence-electron chi connectivity index (χ0n) is 11.1. The van der Waals surface area contributed by atoms with Crippen LogP contribution in [0.4, 0.5) is 19.0 Å². The van der Waals surface area contributed by atoms with Gasteiger partial charge in [0.2, 0.25) is 5.82 Å². The Balaban J connectivity index is 2.32. The van der Waals surface area contributed by atoms with Crippen molar-refractivity contribution in [3.05, 3.63) is 29.2 Å². The van der Waals surface area contributed by atoms with E-state index in [4.69, 9.17) is 0 Å². The van der Waals surface area contributed by atoms with Crippen LogP contribution in [-0.2, 0) is 6.18 Å². The van der Waals surface area contributed by atoms with E-state index in [0.29, 0.717) is 5.52 Å². The summed E-state index contributed by atoms with van der Waals surface area (Å²) in [4.78, 5) is 11.3. The second-order valence-electron chi connectivity index (χ2n) is 4.34. The minimum atomic E-state index is -4.61. The maximum atomic E-state index is 12.9. The minimum Gasteiger partial charge on any atom is -0.371 e. The van der Waals surface area contributed by atoms with Gasteiger partial charge in [0.05, 0.1) is 0 Å². The highest BCUT2D eigenvalue weighted by Crippen LogP contribution is 2.31. The fourth-order valence-electron chi connectivity index (χ4n) is 1.96. The van der Waals surface area contributed by atoms with Gasteiger partial charge in [-0.2, -0.15) is 13.2 Å². The van der Waals surface area contributed by atoms with Gasteiger partial charge >= 0.3 is 6.18 Å². The molecule has 0 saturated heterocycles. The third kappa shape index (κ3) is 2.23. The molecular formula is C12H10F3N5S. The van der Waals surface area contributed by atoms with Gasteiger partial charge in [0.1, 0.15) is 11.3 Å². The van der Waals surface area contributed by atoms with Crippen LogP contribution in [0.25, 0.3) is 16.2 Å². The lowest BCUT2D eigenvalue weighted by Gasteiger charge is -2.09. The van der Waals surface area contributed by atoms with Gasteiger partial charge in [-0.15, -0.1) is 11.3 Å². The summed E-state index contributed by atoms with van der Waals surface area (Å²) in [5, 5.41) is 5.28. The summed E-state index contributed by atoms with van der Waals surface area (Å²) >= 11 is 1.41. The van der Waals surface area contributed by atoms with Crippen LogP contribution in [0.1, 0.15) is 11.4 Å². The molecule has 3 heterocycles. The molecule has 0 aliphatic carbocycles. The molecule has 0 saturated carbocycles. The van der Waals surface area contributed by atoms with Gasteiger partial charge in [-0.25, -0.2) is 15.0 Å². The number of nitrogens with zero attached hydrogens (tertiary/aromatic N) is 4. The van der Waals surface area contributed by atoms with Crippen molar-refractivity contribution in [1.29, 1.82) is 0 Å². The SMILES string of the molecule is CNc1nc(C(F)(F)F)nc2c1ncn2-c1sccc1C. The van der Waals surface area contributed by atoms with Crippen molar-refractivity contribution < 1.29 is 13.2 Å². The van der Waals surface area contributed by atoms with Gasteiger partial charge in [-0.05, 0) is 23.9 Å². The number of alkyl halides is 3. The molecular weight excluding hydrogens is 303 g/mol. The summed E-state index contributed by atoms with van der Waals surface area (Å²) in [7, 11) is 1.50. The molecule has 110 valence electrons. The summed E-state index contributed by atoms with van der Waals surface area (Å²) < 4.78 is 40.3. The number of rotatable bonds is 2. The Bertz CT molecular complexity index is 805. The molecule has 0 aromatic carbocycles. The number of fused-ring (bicyclic) bond motifs is 1.